The molecule has 1 saturated heterocycles. The lowest BCUT2D eigenvalue weighted by molar-refractivity contribution is -0.180. The van der Waals surface area contributed by atoms with Crippen molar-refractivity contribution in [3.63, 3.8) is 0 Å². The van der Waals surface area contributed by atoms with Crippen molar-refractivity contribution >= 4 is 0 Å². The number of hydrogen-bond donors (Lipinski definition) is 0. The zero-order chi connectivity index (χ0) is 9.03. The monoisotopic (exact) mass is 170 g/mol. The lowest BCUT2D eigenvalue weighted by atomic mass is 9.78. The molecule has 1 atom stereocenters. The molecule has 1 unspecified atom stereocenters. The Kier molecular flexibility index (Phi) is 3.29. The molecular formula is C10H18O2. The first kappa shape index (κ1) is 9.75. The molecule has 0 radical (unpaired) electrons. The zero-order valence-electron chi connectivity index (χ0n) is 8.01. The predicted molar refractivity (Wildman–Crippen MR) is 49.2 cm³/mol. The van der Waals surface area contributed by atoms with Gasteiger partial charge < -0.3 is 9.47 Å². The first-order valence-corrected chi connectivity index (χ1v) is 4.55. The van der Waals surface area contributed by atoms with Crippen LogP contribution in [0.3, 0.4) is 0 Å². The maximum atomic E-state index is 5.59. The Hall–Kier alpha value is -0.340. The van der Waals surface area contributed by atoms with Crippen LogP contribution in [0.15, 0.2) is 12.7 Å². The molecule has 2 nitrogen and oxygen atoms in total. The Morgan fingerprint density at radius 3 is 2.67 bits per heavy atom. The summed E-state index contributed by atoms with van der Waals surface area (Å²) in [6, 6.07) is 0. The SMILES string of the molecule is C=CCOC(C)C1(CC)COC1. The molecule has 70 valence electrons. The molecule has 0 amide bonds. The molecule has 1 aliphatic rings. The maximum absolute atomic E-state index is 5.59. The zero-order valence-corrected chi connectivity index (χ0v) is 8.01. The van der Waals surface area contributed by atoms with Crippen LogP contribution in [0.5, 0.6) is 0 Å². The minimum Gasteiger partial charge on any atom is -0.380 e. The summed E-state index contributed by atoms with van der Waals surface area (Å²) in [6.45, 7) is 10.3. The molecular weight excluding hydrogens is 152 g/mol. The van der Waals surface area contributed by atoms with E-state index in [0.29, 0.717) is 6.61 Å². The van der Waals surface area contributed by atoms with Gasteiger partial charge in [0.25, 0.3) is 0 Å². The van der Waals surface area contributed by atoms with Crippen LogP contribution in [0.1, 0.15) is 20.3 Å². The van der Waals surface area contributed by atoms with Crippen molar-refractivity contribution in [1.29, 1.82) is 0 Å². The molecule has 0 bridgehead atoms. The van der Waals surface area contributed by atoms with E-state index in [4.69, 9.17) is 9.47 Å². The summed E-state index contributed by atoms with van der Waals surface area (Å²) in [7, 11) is 0. The minimum atomic E-state index is 0.281. The van der Waals surface area contributed by atoms with E-state index < -0.39 is 0 Å². The lowest BCUT2D eigenvalue weighted by Crippen LogP contribution is -2.50. The molecule has 2 heteroatoms. The largest absolute Gasteiger partial charge is 0.380 e. The van der Waals surface area contributed by atoms with E-state index in [0.717, 1.165) is 19.6 Å². The Labute approximate surface area is 74.6 Å². The normalized spacial score (nSPS) is 22.8. The first-order valence-electron chi connectivity index (χ1n) is 4.55. The lowest BCUT2D eigenvalue weighted by Gasteiger charge is -2.45. The van der Waals surface area contributed by atoms with Gasteiger partial charge in [0.2, 0.25) is 0 Å². The minimum absolute atomic E-state index is 0.281. The van der Waals surface area contributed by atoms with E-state index in [9.17, 15) is 0 Å². The van der Waals surface area contributed by atoms with E-state index in [1.807, 2.05) is 0 Å². The molecule has 1 heterocycles. The van der Waals surface area contributed by atoms with Gasteiger partial charge in [-0.3, -0.25) is 0 Å². The molecule has 0 spiro atoms. The highest BCUT2D eigenvalue weighted by atomic mass is 16.5. The summed E-state index contributed by atoms with van der Waals surface area (Å²) in [5.41, 5.74) is 0.281. The molecule has 0 aliphatic carbocycles. The van der Waals surface area contributed by atoms with Gasteiger partial charge in [-0.15, -0.1) is 6.58 Å². The van der Waals surface area contributed by atoms with Gasteiger partial charge in [-0.1, -0.05) is 13.0 Å². The third-order valence-corrected chi connectivity index (χ3v) is 2.81. The second kappa shape index (κ2) is 4.06. The van der Waals surface area contributed by atoms with Gasteiger partial charge in [-0.2, -0.15) is 0 Å². The van der Waals surface area contributed by atoms with Crippen molar-refractivity contribution in [3.05, 3.63) is 12.7 Å². The van der Waals surface area contributed by atoms with E-state index in [2.05, 4.69) is 20.4 Å². The second-order valence-electron chi connectivity index (χ2n) is 3.47. The highest BCUT2D eigenvalue weighted by Crippen LogP contribution is 2.36. The molecule has 1 rings (SSSR count). The standard InChI is InChI=1S/C10H18O2/c1-4-6-12-9(3)10(5-2)7-11-8-10/h4,9H,1,5-8H2,2-3H3. The third kappa shape index (κ3) is 1.70. The van der Waals surface area contributed by atoms with E-state index >= 15 is 0 Å². The van der Waals surface area contributed by atoms with Crippen LogP contribution in [0.2, 0.25) is 0 Å². The highest BCUT2D eigenvalue weighted by Gasteiger charge is 2.42. The van der Waals surface area contributed by atoms with Crippen LogP contribution in [0.25, 0.3) is 0 Å². The van der Waals surface area contributed by atoms with Gasteiger partial charge in [-0.25, -0.2) is 0 Å². The van der Waals surface area contributed by atoms with Gasteiger partial charge in [0.05, 0.1) is 25.9 Å². The first-order chi connectivity index (χ1) is 5.75. The molecule has 0 N–H and O–H groups in total. The maximum Gasteiger partial charge on any atom is 0.0651 e. The number of hydrogen-bond acceptors (Lipinski definition) is 2. The van der Waals surface area contributed by atoms with Crippen LogP contribution in [-0.2, 0) is 9.47 Å². The molecule has 1 aliphatic heterocycles. The van der Waals surface area contributed by atoms with Gasteiger partial charge in [0.15, 0.2) is 0 Å². The van der Waals surface area contributed by atoms with E-state index in [-0.39, 0.29) is 11.5 Å². The molecule has 0 saturated carbocycles. The Bertz CT molecular complexity index is 144. The summed E-state index contributed by atoms with van der Waals surface area (Å²) < 4.78 is 10.8. The van der Waals surface area contributed by atoms with Gasteiger partial charge in [0, 0.05) is 5.41 Å². The molecule has 1 fully saturated rings. The predicted octanol–water partition coefficient (Wildman–Crippen LogP) is 2.00. The van der Waals surface area contributed by atoms with Crippen LogP contribution in [0.4, 0.5) is 0 Å². The summed E-state index contributed by atoms with van der Waals surface area (Å²) in [5, 5.41) is 0. The van der Waals surface area contributed by atoms with E-state index in [1.54, 1.807) is 6.08 Å². The third-order valence-electron chi connectivity index (χ3n) is 2.81. The van der Waals surface area contributed by atoms with Gasteiger partial charge in [-0.05, 0) is 13.3 Å². The Morgan fingerprint density at radius 2 is 2.33 bits per heavy atom. The van der Waals surface area contributed by atoms with Crippen molar-refractivity contribution in [2.24, 2.45) is 5.41 Å². The fraction of sp³-hybridized carbons (Fsp3) is 0.800. The van der Waals surface area contributed by atoms with Crippen molar-refractivity contribution in [1.82, 2.24) is 0 Å². The van der Waals surface area contributed by atoms with Crippen LogP contribution in [0, 0.1) is 5.41 Å². The number of rotatable bonds is 5. The summed E-state index contributed by atoms with van der Waals surface area (Å²) >= 11 is 0. The molecule has 0 aromatic rings. The average Bonchev–Trinajstić information content (AvgIpc) is 2.00. The highest BCUT2D eigenvalue weighted by molar-refractivity contribution is 4.90. The van der Waals surface area contributed by atoms with Gasteiger partial charge >= 0.3 is 0 Å². The fourth-order valence-electron chi connectivity index (χ4n) is 1.48. The summed E-state index contributed by atoms with van der Waals surface area (Å²) in [6.07, 6.45) is 3.21. The summed E-state index contributed by atoms with van der Waals surface area (Å²) in [5.74, 6) is 0. The van der Waals surface area contributed by atoms with Crippen LogP contribution in [-0.4, -0.2) is 25.9 Å². The van der Waals surface area contributed by atoms with E-state index in [1.165, 1.54) is 0 Å². The van der Waals surface area contributed by atoms with Crippen molar-refractivity contribution in [2.75, 3.05) is 19.8 Å². The van der Waals surface area contributed by atoms with Crippen molar-refractivity contribution in [2.45, 2.75) is 26.4 Å². The van der Waals surface area contributed by atoms with Crippen molar-refractivity contribution in [3.8, 4) is 0 Å². The molecule has 0 aromatic carbocycles. The van der Waals surface area contributed by atoms with Crippen molar-refractivity contribution < 1.29 is 9.47 Å². The molecule has 12 heavy (non-hydrogen) atoms. The van der Waals surface area contributed by atoms with Crippen LogP contribution >= 0.6 is 0 Å². The number of ether oxygens (including phenoxy) is 2. The fourth-order valence-corrected chi connectivity index (χ4v) is 1.48. The Balaban J connectivity index is 2.37. The molecule has 0 aromatic heterocycles. The van der Waals surface area contributed by atoms with Gasteiger partial charge in [0.1, 0.15) is 0 Å². The topological polar surface area (TPSA) is 18.5 Å². The quantitative estimate of drug-likeness (QED) is 0.587. The summed E-state index contributed by atoms with van der Waals surface area (Å²) in [4.78, 5) is 0. The second-order valence-corrected chi connectivity index (χ2v) is 3.47. The average molecular weight is 170 g/mol. The Morgan fingerprint density at radius 1 is 1.67 bits per heavy atom. The smallest absolute Gasteiger partial charge is 0.0651 e. The van der Waals surface area contributed by atoms with Crippen LogP contribution < -0.4 is 0 Å².